The molecular weight excluding hydrogens is 606 g/mol. The molecule has 0 unspecified atom stereocenters. The van der Waals surface area contributed by atoms with E-state index in [0.717, 1.165) is 67.6 Å². The van der Waals surface area contributed by atoms with Gasteiger partial charge in [-0.3, -0.25) is 14.6 Å². The van der Waals surface area contributed by atoms with Crippen LogP contribution >= 0.6 is 15.9 Å². The monoisotopic (exact) mass is 649 g/mol. The molecule has 1 amide bonds. The predicted octanol–water partition coefficient (Wildman–Crippen LogP) is 6.44. The minimum atomic E-state index is 0.132. The van der Waals surface area contributed by atoms with Gasteiger partial charge >= 0.3 is 0 Å². The van der Waals surface area contributed by atoms with Gasteiger partial charge in [-0.15, -0.1) is 0 Å². The van der Waals surface area contributed by atoms with Crippen molar-refractivity contribution in [2.24, 2.45) is 0 Å². The summed E-state index contributed by atoms with van der Waals surface area (Å²) in [4.78, 5) is 20.4. The maximum absolute atomic E-state index is 13.1. The minimum absolute atomic E-state index is 0.132. The first kappa shape index (κ1) is 31.4. The van der Waals surface area contributed by atoms with E-state index < -0.39 is 0 Å². The molecule has 5 rings (SSSR count). The van der Waals surface area contributed by atoms with E-state index in [9.17, 15) is 4.79 Å². The van der Waals surface area contributed by atoms with E-state index in [1.807, 2.05) is 41.3 Å². The van der Waals surface area contributed by atoms with Gasteiger partial charge < -0.3 is 19.1 Å². The van der Waals surface area contributed by atoms with E-state index in [0.29, 0.717) is 35.4 Å². The van der Waals surface area contributed by atoms with Gasteiger partial charge in [0.05, 0.1) is 26.9 Å². The highest BCUT2D eigenvalue weighted by molar-refractivity contribution is 9.10. The fraction of sp³-hybridized carbons (Fsp3) is 0.457. The molecule has 0 bridgehead atoms. The third-order valence-electron chi connectivity index (χ3n) is 9.18. The van der Waals surface area contributed by atoms with Gasteiger partial charge in [0, 0.05) is 55.3 Å². The van der Waals surface area contributed by atoms with E-state index in [1.54, 1.807) is 21.3 Å². The average molecular weight is 651 g/mol. The number of hydrogen-bond donors (Lipinski definition) is 0. The van der Waals surface area contributed by atoms with Crippen LogP contribution in [0.15, 0.2) is 65.1 Å². The highest BCUT2D eigenvalue weighted by Crippen LogP contribution is 2.39. The number of rotatable bonds is 9. The van der Waals surface area contributed by atoms with Gasteiger partial charge in [0.2, 0.25) is 5.75 Å². The fourth-order valence-electron chi connectivity index (χ4n) is 6.72. The van der Waals surface area contributed by atoms with E-state index in [2.05, 4.69) is 63.8 Å². The molecule has 2 heterocycles. The van der Waals surface area contributed by atoms with Crippen molar-refractivity contribution in [2.75, 3.05) is 54.1 Å². The Morgan fingerprint density at radius 3 is 2.12 bits per heavy atom. The molecule has 2 aliphatic rings. The van der Waals surface area contributed by atoms with Gasteiger partial charge in [-0.1, -0.05) is 36.4 Å². The van der Waals surface area contributed by atoms with Crippen LogP contribution in [0.3, 0.4) is 0 Å². The van der Waals surface area contributed by atoms with Gasteiger partial charge in [-0.2, -0.15) is 0 Å². The first-order valence-corrected chi connectivity index (χ1v) is 16.0. The molecule has 8 heteroatoms. The van der Waals surface area contributed by atoms with Crippen molar-refractivity contribution in [1.29, 1.82) is 0 Å². The summed E-state index contributed by atoms with van der Waals surface area (Å²) in [6.45, 7) is 9.49. The molecule has 7 nitrogen and oxygen atoms in total. The van der Waals surface area contributed by atoms with Crippen molar-refractivity contribution in [3.8, 4) is 17.2 Å². The van der Waals surface area contributed by atoms with E-state index >= 15 is 0 Å². The van der Waals surface area contributed by atoms with E-state index in [1.165, 1.54) is 11.1 Å². The second kappa shape index (κ2) is 14.1. The third kappa shape index (κ3) is 7.03. The lowest BCUT2D eigenvalue weighted by atomic mass is 9.97. The van der Waals surface area contributed by atoms with Crippen LogP contribution in [0, 0.1) is 0 Å². The summed E-state index contributed by atoms with van der Waals surface area (Å²) in [6.07, 6.45) is 2.85. The van der Waals surface area contributed by atoms with Gasteiger partial charge in [0.15, 0.2) is 11.5 Å². The number of amides is 1. The van der Waals surface area contributed by atoms with Crippen LogP contribution in [-0.2, 0) is 6.42 Å². The van der Waals surface area contributed by atoms with Gasteiger partial charge in [-0.05, 0) is 90.0 Å². The molecule has 0 aromatic heterocycles. The number of nitrogens with zero attached hydrogens (tertiary/aromatic N) is 3. The molecule has 0 aliphatic carbocycles. The zero-order chi connectivity index (χ0) is 30.5. The molecule has 2 fully saturated rings. The molecule has 3 aromatic rings. The van der Waals surface area contributed by atoms with Crippen LogP contribution < -0.4 is 14.2 Å². The number of piperidine rings is 1. The molecular formula is C35H44BrN3O4. The Kier molecular flexibility index (Phi) is 10.3. The first-order chi connectivity index (χ1) is 20.8. The number of piperazine rings is 1. The largest absolute Gasteiger partial charge is 0.493 e. The number of carbonyl (C=O) groups excluding carboxylic acids is 1. The second-order valence-corrected chi connectivity index (χ2v) is 12.6. The third-order valence-corrected chi connectivity index (χ3v) is 9.87. The molecule has 0 saturated carbocycles. The lowest BCUT2D eigenvalue weighted by Gasteiger charge is -2.47. The summed E-state index contributed by atoms with van der Waals surface area (Å²) < 4.78 is 17.4. The Bertz CT molecular complexity index is 1370. The van der Waals surface area contributed by atoms with Gasteiger partial charge in [0.1, 0.15) is 0 Å². The molecule has 0 radical (unpaired) electrons. The zero-order valence-corrected chi connectivity index (χ0v) is 27.6. The molecule has 230 valence electrons. The van der Waals surface area contributed by atoms with Crippen molar-refractivity contribution in [2.45, 2.75) is 51.2 Å². The van der Waals surface area contributed by atoms with Crippen molar-refractivity contribution < 1.29 is 19.0 Å². The highest BCUT2D eigenvalue weighted by Gasteiger charge is 2.34. The van der Waals surface area contributed by atoms with Crippen LogP contribution in [0.4, 0.5) is 0 Å². The van der Waals surface area contributed by atoms with Gasteiger partial charge in [0.25, 0.3) is 5.91 Å². The number of halogens is 1. The molecule has 2 atom stereocenters. The average Bonchev–Trinajstić information content (AvgIpc) is 3.04. The Hall–Kier alpha value is -3.07. The minimum Gasteiger partial charge on any atom is -0.493 e. The smallest absolute Gasteiger partial charge is 0.254 e. The Morgan fingerprint density at radius 2 is 1.53 bits per heavy atom. The number of methoxy groups -OCH3 is 3. The van der Waals surface area contributed by atoms with Crippen LogP contribution in [0.5, 0.6) is 17.2 Å². The fourth-order valence-corrected chi connectivity index (χ4v) is 7.18. The maximum atomic E-state index is 13.1. The van der Waals surface area contributed by atoms with Crippen molar-refractivity contribution >= 4 is 21.8 Å². The summed E-state index contributed by atoms with van der Waals surface area (Å²) in [5, 5.41) is 0. The molecule has 43 heavy (non-hydrogen) atoms. The van der Waals surface area contributed by atoms with Crippen molar-refractivity contribution in [3.63, 3.8) is 0 Å². The zero-order valence-electron chi connectivity index (χ0n) is 26.0. The molecule has 2 saturated heterocycles. The highest BCUT2D eigenvalue weighted by atomic mass is 79.9. The predicted molar refractivity (Wildman–Crippen MR) is 175 cm³/mol. The standard InChI is InChI=1S/C35H44BrN3O4/c1-24-23-38(29-14-16-37(17-15-29)35(40)30-8-6-7-9-31(30)36)18-19-39(24)25(2)28-12-10-26(11-13-28)20-27-21-32(41-3)34(43-5)33(22-27)42-4/h6-13,21-22,24-25,29H,14-20,23H2,1-5H3/t24-,25+/m1/s1. The van der Waals surface area contributed by atoms with Crippen LogP contribution in [-0.4, -0.2) is 86.7 Å². The Labute approximate surface area is 264 Å². The van der Waals surface area contributed by atoms with Crippen LogP contribution in [0.25, 0.3) is 0 Å². The van der Waals surface area contributed by atoms with Crippen molar-refractivity contribution in [3.05, 3.63) is 87.4 Å². The quantitative estimate of drug-likeness (QED) is 0.266. The maximum Gasteiger partial charge on any atom is 0.254 e. The van der Waals surface area contributed by atoms with E-state index in [4.69, 9.17) is 14.2 Å². The Morgan fingerprint density at radius 1 is 0.884 bits per heavy atom. The lowest BCUT2D eigenvalue weighted by Crippen LogP contribution is -2.57. The number of ether oxygens (including phenoxy) is 3. The summed E-state index contributed by atoms with van der Waals surface area (Å²) in [6, 6.07) is 22.1. The molecule has 0 N–H and O–H groups in total. The van der Waals surface area contributed by atoms with Crippen LogP contribution in [0.2, 0.25) is 0 Å². The topological polar surface area (TPSA) is 54.5 Å². The number of likely N-dealkylation sites (tertiary alicyclic amines) is 1. The lowest BCUT2D eigenvalue weighted by molar-refractivity contribution is 0.0135. The van der Waals surface area contributed by atoms with Gasteiger partial charge in [-0.25, -0.2) is 0 Å². The number of benzene rings is 3. The normalized spacial score (nSPS) is 19.2. The SMILES string of the molecule is COc1cc(Cc2ccc([C@H](C)N3CCN(C4CCN(C(=O)c5ccccc5Br)CC4)C[C@H]3C)cc2)cc(OC)c1OC. The van der Waals surface area contributed by atoms with Crippen LogP contribution in [0.1, 0.15) is 59.8 Å². The number of carbonyl (C=O) groups is 1. The summed E-state index contributed by atoms with van der Waals surface area (Å²) >= 11 is 3.54. The molecule has 2 aliphatic heterocycles. The summed E-state index contributed by atoms with van der Waals surface area (Å²) in [7, 11) is 4.92. The Balaban J connectivity index is 1.15. The van der Waals surface area contributed by atoms with Crippen molar-refractivity contribution in [1.82, 2.24) is 14.7 Å². The molecule has 3 aromatic carbocycles. The summed E-state index contributed by atoms with van der Waals surface area (Å²) in [5.41, 5.74) is 4.45. The summed E-state index contributed by atoms with van der Waals surface area (Å²) in [5.74, 6) is 2.10. The van der Waals surface area contributed by atoms with E-state index in [-0.39, 0.29) is 5.91 Å². The first-order valence-electron chi connectivity index (χ1n) is 15.2. The number of hydrogen-bond acceptors (Lipinski definition) is 6. The second-order valence-electron chi connectivity index (χ2n) is 11.7. The molecule has 0 spiro atoms.